The van der Waals surface area contributed by atoms with E-state index in [1.165, 1.54) is 10.8 Å². The molecule has 42 heavy (non-hydrogen) atoms. The molecule has 3 aromatic heterocycles. The summed E-state index contributed by atoms with van der Waals surface area (Å²) in [7, 11) is 0. The Morgan fingerprint density at radius 1 is 0.452 bits per heavy atom. The Balaban J connectivity index is 1.38. The molecule has 196 valence electrons. The lowest BCUT2D eigenvalue weighted by Gasteiger charge is -2.12. The van der Waals surface area contributed by atoms with E-state index < -0.39 is 0 Å². The van der Waals surface area contributed by atoms with E-state index >= 15 is 0 Å². The number of hydrogen-bond acceptors (Lipinski definition) is 4. The highest BCUT2D eigenvalue weighted by Crippen LogP contribution is 2.37. The molecule has 9 rings (SSSR count). The van der Waals surface area contributed by atoms with Crippen LogP contribution in [0.4, 0.5) is 0 Å². The number of rotatable bonds is 3. The van der Waals surface area contributed by atoms with E-state index in [4.69, 9.17) is 19.4 Å². The quantitative estimate of drug-likeness (QED) is 0.225. The number of aromatic nitrogens is 4. The van der Waals surface area contributed by atoms with E-state index in [9.17, 15) is 0 Å². The summed E-state index contributed by atoms with van der Waals surface area (Å²) in [6.07, 6.45) is 0. The van der Waals surface area contributed by atoms with E-state index in [1.807, 2.05) is 60.7 Å². The minimum absolute atomic E-state index is 0.582. The van der Waals surface area contributed by atoms with Crippen LogP contribution in [0.3, 0.4) is 0 Å². The lowest BCUT2D eigenvalue weighted by atomic mass is 10.1. The van der Waals surface area contributed by atoms with Crippen molar-refractivity contribution < 1.29 is 4.42 Å². The van der Waals surface area contributed by atoms with Gasteiger partial charge in [0.1, 0.15) is 11.2 Å². The molecule has 0 N–H and O–H groups in total. The second-order valence-electron chi connectivity index (χ2n) is 10.5. The van der Waals surface area contributed by atoms with Gasteiger partial charge >= 0.3 is 0 Å². The van der Waals surface area contributed by atoms with Crippen LogP contribution in [-0.4, -0.2) is 19.5 Å². The van der Waals surface area contributed by atoms with Crippen molar-refractivity contribution in [3.8, 4) is 28.7 Å². The Morgan fingerprint density at radius 2 is 1.14 bits per heavy atom. The van der Waals surface area contributed by atoms with Gasteiger partial charge in [-0.2, -0.15) is 9.97 Å². The van der Waals surface area contributed by atoms with E-state index in [-0.39, 0.29) is 0 Å². The molecule has 5 nitrogen and oxygen atoms in total. The third-order valence-corrected chi connectivity index (χ3v) is 8.05. The van der Waals surface area contributed by atoms with E-state index in [1.54, 1.807) is 0 Å². The molecule has 0 bridgehead atoms. The summed E-state index contributed by atoms with van der Waals surface area (Å²) in [5.74, 6) is 1.81. The first-order valence-corrected chi connectivity index (χ1v) is 14.0. The summed E-state index contributed by atoms with van der Waals surface area (Å²) in [4.78, 5) is 15.3. The van der Waals surface area contributed by atoms with Crippen LogP contribution in [0.2, 0.25) is 0 Å². The SMILES string of the molecule is c1ccc(-c2nc(-c3ccc4oc5ccccc5c4c3)nc(-n3c4ccccc4c4ccc5ccccc5c43)n2)cc1. The van der Waals surface area contributed by atoms with Gasteiger partial charge in [0.05, 0.1) is 11.0 Å². The first-order chi connectivity index (χ1) is 20.8. The normalized spacial score (nSPS) is 11.8. The van der Waals surface area contributed by atoms with Gasteiger partial charge in [0.2, 0.25) is 5.95 Å². The van der Waals surface area contributed by atoms with Gasteiger partial charge in [0, 0.05) is 38.1 Å². The molecule has 0 amide bonds. The lowest BCUT2D eigenvalue weighted by molar-refractivity contribution is 0.669. The molecule has 0 spiro atoms. The summed E-state index contributed by atoms with van der Waals surface area (Å²) >= 11 is 0. The number of benzene rings is 6. The maximum atomic E-state index is 6.10. The Hall–Kier alpha value is -5.81. The third-order valence-electron chi connectivity index (χ3n) is 8.05. The minimum atomic E-state index is 0.582. The molecule has 0 atom stereocenters. The van der Waals surface area contributed by atoms with Gasteiger partial charge in [0.15, 0.2) is 11.6 Å². The Bertz CT molecular complexity index is 2470. The van der Waals surface area contributed by atoms with Crippen LogP contribution < -0.4 is 0 Å². The molecule has 0 saturated heterocycles. The van der Waals surface area contributed by atoms with Gasteiger partial charge in [0.25, 0.3) is 0 Å². The van der Waals surface area contributed by atoms with Crippen molar-refractivity contribution in [1.82, 2.24) is 19.5 Å². The highest BCUT2D eigenvalue weighted by Gasteiger charge is 2.19. The molecule has 9 aromatic rings. The summed E-state index contributed by atoms with van der Waals surface area (Å²) < 4.78 is 8.29. The fraction of sp³-hybridized carbons (Fsp3) is 0. The first kappa shape index (κ1) is 22.9. The second-order valence-corrected chi connectivity index (χ2v) is 10.5. The van der Waals surface area contributed by atoms with E-state index in [2.05, 4.69) is 77.4 Å². The van der Waals surface area contributed by atoms with Crippen LogP contribution in [0.15, 0.2) is 138 Å². The number of nitrogens with zero attached hydrogens (tertiary/aromatic N) is 4. The maximum Gasteiger partial charge on any atom is 0.238 e. The average Bonchev–Trinajstić information content (AvgIpc) is 3.61. The topological polar surface area (TPSA) is 56.7 Å². The van der Waals surface area contributed by atoms with Crippen molar-refractivity contribution in [3.05, 3.63) is 133 Å². The van der Waals surface area contributed by atoms with E-state index in [0.717, 1.165) is 54.9 Å². The minimum Gasteiger partial charge on any atom is -0.456 e. The van der Waals surface area contributed by atoms with Crippen molar-refractivity contribution in [1.29, 1.82) is 0 Å². The van der Waals surface area contributed by atoms with Gasteiger partial charge in [-0.05, 0) is 35.7 Å². The van der Waals surface area contributed by atoms with Crippen LogP contribution in [0, 0.1) is 0 Å². The molecular weight excluding hydrogens is 516 g/mol. The summed E-state index contributed by atoms with van der Waals surface area (Å²) in [6, 6.07) is 45.7. The third kappa shape index (κ3) is 3.40. The molecule has 0 radical (unpaired) electrons. The van der Waals surface area contributed by atoms with Crippen molar-refractivity contribution in [2.75, 3.05) is 0 Å². The Kier molecular flexibility index (Phi) is 4.83. The molecule has 6 aromatic carbocycles. The zero-order chi connectivity index (χ0) is 27.6. The monoisotopic (exact) mass is 538 g/mol. The Morgan fingerprint density at radius 3 is 2.02 bits per heavy atom. The fourth-order valence-electron chi connectivity index (χ4n) is 6.11. The first-order valence-electron chi connectivity index (χ1n) is 14.0. The number of para-hydroxylation sites is 2. The van der Waals surface area contributed by atoms with Gasteiger partial charge in [-0.15, -0.1) is 0 Å². The van der Waals surface area contributed by atoms with Crippen LogP contribution in [0.25, 0.3) is 83.2 Å². The van der Waals surface area contributed by atoms with Gasteiger partial charge in [-0.1, -0.05) is 103 Å². The van der Waals surface area contributed by atoms with Crippen LogP contribution in [0.1, 0.15) is 0 Å². The molecule has 0 aliphatic carbocycles. The molecule has 0 saturated carbocycles. The number of furan rings is 1. The maximum absolute atomic E-state index is 6.10. The predicted octanol–water partition coefficient (Wildman–Crippen LogP) is 9.36. The van der Waals surface area contributed by atoms with Crippen molar-refractivity contribution in [3.63, 3.8) is 0 Å². The van der Waals surface area contributed by atoms with Crippen LogP contribution in [-0.2, 0) is 0 Å². The molecule has 0 fully saturated rings. The van der Waals surface area contributed by atoms with Crippen LogP contribution in [0.5, 0.6) is 0 Å². The molecule has 0 aliphatic heterocycles. The van der Waals surface area contributed by atoms with E-state index in [0.29, 0.717) is 17.6 Å². The molecule has 3 heterocycles. The second kappa shape index (κ2) is 8.85. The smallest absolute Gasteiger partial charge is 0.238 e. The molecule has 0 aliphatic rings. The largest absolute Gasteiger partial charge is 0.456 e. The van der Waals surface area contributed by atoms with Gasteiger partial charge in [-0.3, -0.25) is 4.57 Å². The van der Waals surface area contributed by atoms with Crippen molar-refractivity contribution in [2.24, 2.45) is 0 Å². The number of hydrogen-bond donors (Lipinski definition) is 0. The highest BCUT2D eigenvalue weighted by molar-refractivity contribution is 6.18. The zero-order valence-corrected chi connectivity index (χ0v) is 22.4. The number of fused-ring (bicyclic) bond motifs is 8. The predicted molar refractivity (Wildman–Crippen MR) is 170 cm³/mol. The Labute approximate surface area is 240 Å². The van der Waals surface area contributed by atoms with Gasteiger partial charge < -0.3 is 4.42 Å². The molecular formula is C37H22N4O. The average molecular weight is 539 g/mol. The molecule has 0 unspecified atom stereocenters. The molecule has 5 heteroatoms. The van der Waals surface area contributed by atoms with Crippen molar-refractivity contribution >= 4 is 54.5 Å². The summed E-state index contributed by atoms with van der Waals surface area (Å²) in [5, 5.41) is 6.76. The summed E-state index contributed by atoms with van der Waals surface area (Å²) in [5.41, 5.74) is 5.68. The summed E-state index contributed by atoms with van der Waals surface area (Å²) in [6.45, 7) is 0. The zero-order valence-electron chi connectivity index (χ0n) is 22.4. The highest BCUT2D eigenvalue weighted by atomic mass is 16.3. The standard InChI is InChI=1S/C37H22N4O/c1-2-11-24(12-3-1)35-38-36(25-19-21-33-30(22-25)28-15-7-9-17-32(28)42-33)40-37(39-35)41-31-16-8-6-14-27(31)29-20-18-23-10-4-5-13-26(23)34(29)41/h1-22H. The van der Waals surface area contributed by atoms with Crippen molar-refractivity contribution in [2.45, 2.75) is 0 Å². The van der Waals surface area contributed by atoms with Gasteiger partial charge in [-0.25, -0.2) is 4.98 Å². The fourth-order valence-corrected chi connectivity index (χ4v) is 6.11. The lowest BCUT2D eigenvalue weighted by Crippen LogP contribution is -2.06. The van der Waals surface area contributed by atoms with Crippen LogP contribution >= 0.6 is 0 Å².